The maximum atomic E-state index is 14.5. The van der Waals surface area contributed by atoms with Gasteiger partial charge < -0.3 is 28.4 Å². The lowest BCUT2D eigenvalue weighted by Crippen LogP contribution is -2.30. The molecular formula is C25H26FN5O8. The summed E-state index contributed by atoms with van der Waals surface area (Å²) in [4.78, 5) is 48.3. The Kier molecular flexibility index (Phi) is 6.21. The summed E-state index contributed by atoms with van der Waals surface area (Å²) in [6.45, 7) is 8.17. The van der Waals surface area contributed by atoms with E-state index >= 15 is 0 Å². The molecule has 2 fully saturated rings. The highest BCUT2D eigenvalue weighted by molar-refractivity contribution is 5.83. The highest BCUT2D eigenvalue weighted by Crippen LogP contribution is 2.66. The van der Waals surface area contributed by atoms with E-state index in [1.807, 2.05) is 0 Å². The van der Waals surface area contributed by atoms with Crippen LogP contribution in [0.2, 0.25) is 0 Å². The summed E-state index contributed by atoms with van der Waals surface area (Å²) in [5, 5.41) is 2.86. The monoisotopic (exact) mass is 543 g/mol. The second-order valence-electron chi connectivity index (χ2n) is 10.0. The van der Waals surface area contributed by atoms with Gasteiger partial charge in [-0.1, -0.05) is 33.6 Å². The Morgan fingerprint density at radius 1 is 1.26 bits per heavy atom. The van der Waals surface area contributed by atoms with E-state index in [4.69, 9.17) is 29.5 Å². The number of esters is 2. The second kappa shape index (κ2) is 9.19. The molecule has 4 atom stereocenters. The zero-order valence-electron chi connectivity index (χ0n) is 21.8. The largest absolute Gasteiger partial charge is 0.519 e. The minimum atomic E-state index is -1.55. The molecule has 2 aliphatic rings. The number of fused-ring (bicyclic) bond motifs is 2. The maximum Gasteiger partial charge on any atom is 0.519 e. The fourth-order valence-corrected chi connectivity index (χ4v) is 4.59. The standard InChI is InChI=1S/C25H26FN5O8/c1-7-24-21(37-19(32)11(2)3)25(24,39-20(33)12(4)5)8-15(38-24)31-10-28-16-17(29-22(26)30-18(16)31)27-9-14-13(6)35-23(34)36-14/h1,10-12,15,21H,8-9H2,2-6H3,(H,27,29,30)/t15-,21?,24-,25-/m1/s1. The number of ether oxygens (including phenoxy) is 3. The normalized spacial score (nSPS) is 25.5. The van der Waals surface area contributed by atoms with Crippen LogP contribution in [0, 0.1) is 37.2 Å². The Morgan fingerprint density at radius 3 is 2.59 bits per heavy atom. The highest BCUT2D eigenvalue weighted by atomic mass is 19.1. The van der Waals surface area contributed by atoms with Gasteiger partial charge in [0.05, 0.1) is 24.7 Å². The molecule has 5 rings (SSSR count). The van der Waals surface area contributed by atoms with E-state index in [2.05, 4.69) is 26.2 Å². The van der Waals surface area contributed by atoms with Crippen LogP contribution in [0.3, 0.4) is 0 Å². The van der Waals surface area contributed by atoms with Crippen molar-refractivity contribution in [2.45, 2.75) is 71.1 Å². The first-order valence-electron chi connectivity index (χ1n) is 12.2. The van der Waals surface area contributed by atoms with Crippen molar-refractivity contribution in [1.82, 2.24) is 19.5 Å². The van der Waals surface area contributed by atoms with E-state index in [0.29, 0.717) is 0 Å². The summed E-state index contributed by atoms with van der Waals surface area (Å²) in [6, 6.07) is 0. The quantitative estimate of drug-likeness (QED) is 0.251. The molecular weight excluding hydrogens is 517 g/mol. The van der Waals surface area contributed by atoms with Crippen LogP contribution in [0.15, 0.2) is 20.0 Å². The summed E-state index contributed by atoms with van der Waals surface area (Å²) in [5.41, 5.74) is -2.74. The second-order valence-corrected chi connectivity index (χ2v) is 10.0. The molecule has 14 heteroatoms. The number of nitrogens with one attached hydrogen (secondary N) is 1. The number of carbonyl (C=O) groups is 2. The number of aromatic nitrogens is 4. The van der Waals surface area contributed by atoms with Crippen LogP contribution in [-0.4, -0.2) is 48.8 Å². The molecule has 0 spiro atoms. The third-order valence-corrected chi connectivity index (χ3v) is 6.77. The van der Waals surface area contributed by atoms with Crippen molar-refractivity contribution in [3.8, 4) is 12.3 Å². The smallest absolute Gasteiger partial charge is 0.453 e. The van der Waals surface area contributed by atoms with Gasteiger partial charge in [-0.2, -0.15) is 14.4 Å². The lowest BCUT2D eigenvalue weighted by atomic mass is 10.1. The third kappa shape index (κ3) is 4.13. The van der Waals surface area contributed by atoms with Crippen molar-refractivity contribution in [2.24, 2.45) is 11.8 Å². The summed E-state index contributed by atoms with van der Waals surface area (Å²) < 4.78 is 43.3. The number of hydrogen-bond acceptors (Lipinski definition) is 12. The number of carbonyl (C=O) groups excluding carboxylic acids is 2. The SMILES string of the molecule is C#C[C@]12O[C@@H](n3cnc4c(NCc5oc(=O)oc5C)nc(F)nc43)C[C@@]1(OC(=O)C(C)C)C2OC(=O)C(C)C. The van der Waals surface area contributed by atoms with Gasteiger partial charge in [0.15, 0.2) is 28.8 Å². The summed E-state index contributed by atoms with van der Waals surface area (Å²) in [6.07, 6.45) is 4.24. The minimum Gasteiger partial charge on any atom is -0.453 e. The van der Waals surface area contributed by atoms with E-state index in [0.717, 1.165) is 0 Å². The van der Waals surface area contributed by atoms with Gasteiger partial charge in [-0.15, -0.1) is 6.42 Å². The first-order chi connectivity index (χ1) is 18.4. The van der Waals surface area contributed by atoms with E-state index in [9.17, 15) is 18.8 Å². The third-order valence-electron chi connectivity index (χ3n) is 6.77. The molecule has 0 bridgehead atoms. The average Bonchev–Trinajstić information content (AvgIpc) is 3.29. The maximum absolute atomic E-state index is 14.5. The predicted octanol–water partition coefficient (Wildman–Crippen LogP) is 2.24. The van der Waals surface area contributed by atoms with Crippen LogP contribution in [0.5, 0.6) is 0 Å². The minimum absolute atomic E-state index is 0.00901. The Balaban J connectivity index is 1.46. The number of anilines is 1. The molecule has 3 aromatic heterocycles. The number of hydrogen-bond donors (Lipinski definition) is 1. The molecule has 1 unspecified atom stereocenters. The molecule has 206 valence electrons. The van der Waals surface area contributed by atoms with Crippen molar-refractivity contribution < 1.29 is 37.0 Å². The van der Waals surface area contributed by atoms with Crippen molar-refractivity contribution in [1.29, 1.82) is 0 Å². The highest BCUT2D eigenvalue weighted by Gasteiger charge is 2.89. The predicted molar refractivity (Wildman–Crippen MR) is 129 cm³/mol. The van der Waals surface area contributed by atoms with Crippen LogP contribution < -0.4 is 11.1 Å². The molecule has 4 heterocycles. The molecule has 1 aliphatic carbocycles. The summed E-state index contributed by atoms with van der Waals surface area (Å²) >= 11 is 0. The topological polar surface area (TPSA) is 161 Å². The van der Waals surface area contributed by atoms with Gasteiger partial charge in [0.25, 0.3) is 0 Å². The number of terminal acetylenes is 1. The summed E-state index contributed by atoms with van der Waals surface area (Å²) in [5.74, 6) is 0.162. The molecule has 1 N–H and O–H groups in total. The van der Waals surface area contributed by atoms with Gasteiger partial charge in [0.1, 0.15) is 12.0 Å². The number of nitrogens with zero attached hydrogens (tertiary/aromatic N) is 4. The van der Waals surface area contributed by atoms with Gasteiger partial charge in [-0.05, 0) is 6.92 Å². The zero-order chi connectivity index (χ0) is 28.3. The Labute approximate surface area is 221 Å². The average molecular weight is 544 g/mol. The van der Waals surface area contributed by atoms with E-state index in [-0.39, 0.29) is 41.5 Å². The molecule has 0 aromatic carbocycles. The van der Waals surface area contributed by atoms with E-state index in [1.54, 1.807) is 34.6 Å². The fraction of sp³-hybridized carbons (Fsp3) is 0.520. The van der Waals surface area contributed by atoms with E-state index < -0.39 is 59.2 Å². The van der Waals surface area contributed by atoms with Crippen LogP contribution >= 0.6 is 0 Å². The van der Waals surface area contributed by atoms with E-state index in [1.165, 1.54) is 10.9 Å². The van der Waals surface area contributed by atoms with Gasteiger partial charge in [-0.25, -0.2) is 9.78 Å². The number of aryl methyl sites for hydroxylation is 1. The molecule has 3 aromatic rings. The van der Waals surface area contributed by atoms with Gasteiger partial charge in [-0.3, -0.25) is 14.2 Å². The van der Waals surface area contributed by atoms with Crippen molar-refractivity contribution in [3.63, 3.8) is 0 Å². The van der Waals surface area contributed by atoms with Gasteiger partial charge >= 0.3 is 23.8 Å². The van der Waals surface area contributed by atoms with Crippen LogP contribution in [0.25, 0.3) is 11.2 Å². The molecule has 39 heavy (non-hydrogen) atoms. The first kappa shape index (κ1) is 26.4. The number of rotatable bonds is 8. The molecule has 1 saturated heterocycles. The van der Waals surface area contributed by atoms with Crippen LogP contribution in [0.4, 0.5) is 10.2 Å². The number of imidazole rings is 1. The van der Waals surface area contributed by atoms with Gasteiger partial charge in [0.2, 0.25) is 11.2 Å². The number of halogens is 1. The van der Waals surface area contributed by atoms with Crippen LogP contribution in [-0.2, 0) is 30.3 Å². The summed E-state index contributed by atoms with van der Waals surface area (Å²) in [7, 11) is 0. The molecule has 1 aliphatic heterocycles. The lowest BCUT2D eigenvalue weighted by molar-refractivity contribution is -0.165. The Morgan fingerprint density at radius 2 is 1.97 bits per heavy atom. The Hall–Kier alpha value is -4.25. The fourth-order valence-electron chi connectivity index (χ4n) is 4.59. The van der Waals surface area contributed by atoms with Crippen LogP contribution in [0.1, 0.15) is 51.9 Å². The van der Waals surface area contributed by atoms with Gasteiger partial charge in [0, 0.05) is 6.42 Å². The molecule has 1 saturated carbocycles. The Bertz CT molecular complexity index is 1570. The molecule has 13 nitrogen and oxygen atoms in total. The van der Waals surface area contributed by atoms with Crippen molar-refractivity contribution in [3.05, 3.63) is 34.5 Å². The van der Waals surface area contributed by atoms with Crippen molar-refractivity contribution in [2.75, 3.05) is 5.32 Å². The molecule has 0 radical (unpaired) electrons. The van der Waals surface area contributed by atoms with Crippen molar-refractivity contribution >= 4 is 28.9 Å². The molecule has 0 amide bonds. The zero-order valence-corrected chi connectivity index (χ0v) is 21.8. The first-order valence-corrected chi connectivity index (χ1v) is 12.2. The lowest BCUT2D eigenvalue weighted by Gasteiger charge is -2.21.